The van der Waals surface area contributed by atoms with E-state index in [0.717, 1.165) is 4.90 Å². The average Bonchev–Trinajstić information content (AvgIpc) is 2.65. The second-order valence-electron chi connectivity index (χ2n) is 4.31. The van der Waals surface area contributed by atoms with Gasteiger partial charge in [-0.05, 0) is 12.1 Å². The Morgan fingerprint density at radius 3 is 1.94 bits per heavy atom. The third-order valence-corrected chi connectivity index (χ3v) is 3.21. The number of imide groups is 1. The first-order valence-electron chi connectivity index (χ1n) is 5.55. The minimum atomic E-state index is -1.36. The number of carbonyl (C=O) groups excluding carboxylic acids is 2. The normalized spacial score (nSPS) is 35.1. The number of ether oxygens (including phenoxy) is 1. The summed E-state index contributed by atoms with van der Waals surface area (Å²) in [7, 11) is 0. The van der Waals surface area contributed by atoms with Gasteiger partial charge in [-0.25, -0.2) is 4.90 Å². The zero-order chi connectivity index (χ0) is 12.9. The fourth-order valence-electron chi connectivity index (χ4n) is 2.28. The van der Waals surface area contributed by atoms with Gasteiger partial charge in [-0.3, -0.25) is 9.59 Å². The SMILES string of the molecule is O=C1C2OC(C(=O)N1c1ccccc1)C(O)C2O. The van der Waals surface area contributed by atoms with Gasteiger partial charge in [0.2, 0.25) is 0 Å². The van der Waals surface area contributed by atoms with E-state index in [-0.39, 0.29) is 0 Å². The lowest BCUT2D eigenvalue weighted by Crippen LogP contribution is -2.53. The number of rotatable bonds is 1. The fraction of sp³-hybridized carbons (Fsp3) is 0.333. The Bertz CT molecular complexity index is 476. The van der Waals surface area contributed by atoms with Gasteiger partial charge < -0.3 is 14.9 Å². The quantitative estimate of drug-likeness (QED) is 0.626. The van der Waals surface area contributed by atoms with Crippen molar-refractivity contribution in [3.05, 3.63) is 30.3 Å². The number of para-hydroxylation sites is 1. The van der Waals surface area contributed by atoms with Crippen molar-refractivity contribution in [3.63, 3.8) is 0 Å². The molecule has 2 fully saturated rings. The Morgan fingerprint density at radius 2 is 1.44 bits per heavy atom. The van der Waals surface area contributed by atoms with Crippen molar-refractivity contribution in [1.29, 1.82) is 0 Å². The van der Waals surface area contributed by atoms with Crippen LogP contribution in [0.2, 0.25) is 0 Å². The smallest absolute Gasteiger partial charge is 0.265 e. The number of morpholine rings is 1. The summed E-state index contributed by atoms with van der Waals surface area (Å²) < 4.78 is 5.06. The van der Waals surface area contributed by atoms with Crippen LogP contribution in [-0.4, -0.2) is 46.4 Å². The molecule has 1 aromatic carbocycles. The van der Waals surface area contributed by atoms with Crippen LogP contribution in [0.5, 0.6) is 0 Å². The first kappa shape index (κ1) is 11.3. The number of nitrogens with zero attached hydrogens (tertiary/aromatic N) is 1. The Morgan fingerprint density at radius 1 is 0.944 bits per heavy atom. The second-order valence-corrected chi connectivity index (χ2v) is 4.31. The van der Waals surface area contributed by atoms with Crippen molar-refractivity contribution < 1.29 is 24.5 Å². The number of carbonyl (C=O) groups is 2. The van der Waals surface area contributed by atoms with E-state index in [2.05, 4.69) is 0 Å². The van der Waals surface area contributed by atoms with Gasteiger partial charge >= 0.3 is 0 Å². The number of hydrogen-bond acceptors (Lipinski definition) is 5. The van der Waals surface area contributed by atoms with E-state index >= 15 is 0 Å². The maximum Gasteiger partial charge on any atom is 0.265 e. The van der Waals surface area contributed by atoms with Crippen LogP contribution in [0.15, 0.2) is 30.3 Å². The monoisotopic (exact) mass is 249 g/mol. The molecule has 6 heteroatoms. The Labute approximate surface area is 102 Å². The maximum atomic E-state index is 12.1. The third kappa shape index (κ3) is 1.40. The molecule has 2 amide bonds. The average molecular weight is 249 g/mol. The van der Waals surface area contributed by atoms with Gasteiger partial charge in [-0.1, -0.05) is 18.2 Å². The van der Waals surface area contributed by atoms with Crippen molar-refractivity contribution >= 4 is 17.5 Å². The molecule has 2 N–H and O–H groups in total. The van der Waals surface area contributed by atoms with Crippen LogP contribution in [0.4, 0.5) is 5.69 Å². The number of hydrogen-bond donors (Lipinski definition) is 2. The second kappa shape index (κ2) is 3.88. The summed E-state index contributed by atoms with van der Waals surface area (Å²) in [6.45, 7) is 0. The van der Waals surface area contributed by atoms with Crippen LogP contribution in [0.3, 0.4) is 0 Å². The van der Waals surface area contributed by atoms with Gasteiger partial charge in [-0.2, -0.15) is 0 Å². The zero-order valence-electron chi connectivity index (χ0n) is 9.26. The van der Waals surface area contributed by atoms with Gasteiger partial charge in [0.25, 0.3) is 11.8 Å². The van der Waals surface area contributed by atoms with Gasteiger partial charge in [0.1, 0.15) is 12.2 Å². The highest BCUT2D eigenvalue weighted by molar-refractivity contribution is 6.20. The van der Waals surface area contributed by atoms with Crippen LogP contribution >= 0.6 is 0 Å². The van der Waals surface area contributed by atoms with Crippen molar-refractivity contribution in [2.45, 2.75) is 24.4 Å². The van der Waals surface area contributed by atoms with Crippen LogP contribution in [0.1, 0.15) is 0 Å². The first-order chi connectivity index (χ1) is 8.61. The van der Waals surface area contributed by atoms with Gasteiger partial charge in [0, 0.05) is 0 Å². The van der Waals surface area contributed by atoms with Crippen molar-refractivity contribution in [2.75, 3.05) is 4.90 Å². The molecule has 2 heterocycles. The van der Waals surface area contributed by atoms with E-state index in [1.165, 1.54) is 0 Å². The molecule has 4 unspecified atom stereocenters. The molecule has 2 aliphatic rings. The predicted molar refractivity (Wildman–Crippen MR) is 59.6 cm³/mol. The highest BCUT2D eigenvalue weighted by atomic mass is 16.6. The summed E-state index contributed by atoms with van der Waals surface area (Å²) in [5, 5.41) is 19.3. The maximum absolute atomic E-state index is 12.1. The summed E-state index contributed by atoms with van der Waals surface area (Å²) >= 11 is 0. The Balaban J connectivity index is 2.03. The van der Waals surface area contributed by atoms with Crippen LogP contribution in [-0.2, 0) is 14.3 Å². The summed E-state index contributed by atoms with van der Waals surface area (Å²) in [5.74, 6) is -1.29. The number of aliphatic hydroxyl groups excluding tert-OH is 2. The molecular formula is C12H11NO5. The van der Waals surface area contributed by atoms with E-state index in [4.69, 9.17) is 4.74 Å². The molecule has 2 aliphatic heterocycles. The van der Waals surface area contributed by atoms with Crippen molar-refractivity contribution in [1.82, 2.24) is 0 Å². The molecule has 6 nitrogen and oxygen atoms in total. The summed E-state index contributed by atoms with van der Waals surface area (Å²) in [6, 6.07) is 8.37. The van der Waals surface area contributed by atoms with E-state index in [0.29, 0.717) is 5.69 Å². The lowest BCUT2D eigenvalue weighted by Gasteiger charge is -2.29. The van der Waals surface area contributed by atoms with E-state index in [1.54, 1.807) is 30.3 Å². The molecule has 0 spiro atoms. The van der Waals surface area contributed by atoms with Crippen molar-refractivity contribution in [2.24, 2.45) is 0 Å². The number of anilines is 1. The predicted octanol–water partition coefficient (Wildman–Crippen LogP) is -0.951. The molecule has 3 rings (SSSR count). The van der Waals surface area contributed by atoms with Gasteiger partial charge in [0.05, 0.1) is 5.69 Å². The molecule has 2 bridgehead atoms. The van der Waals surface area contributed by atoms with E-state index < -0.39 is 36.2 Å². The minimum absolute atomic E-state index is 0.409. The molecule has 0 aromatic heterocycles. The first-order valence-corrected chi connectivity index (χ1v) is 5.55. The molecular weight excluding hydrogens is 238 g/mol. The Hall–Kier alpha value is -1.76. The molecule has 1 aromatic rings. The molecule has 0 radical (unpaired) electrons. The number of fused-ring (bicyclic) bond motifs is 2. The molecule has 18 heavy (non-hydrogen) atoms. The summed E-state index contributed by atoms with van der Waals surface area (Å²) in [5.41, 5.74) is 0.409. The zero-order valence-corrected chi connectivity index (χ0v) is 9.26. The van der Waals surface area contributed by atoms with Crippen LogP contribution in [0.25, 0.3) is 0 Å². The molecule has 4 atom stereocenters. The van der Waals surface area contributed by atoms with Crippen LogP contribution in [0, 0.1) is 0 Å². The summed E-state index contributed by atoms with van der Waals surface area (Å²) in [6.07, 6.45) is -5.08. The van der Waals surface area contributed by atoms with E-state index in [1.807, 2.05) is 0 Å². The third-order valence-electron chi connectivity index (χ3n) is 3.21. The highest BCUT2D eigenvalue weighted by Gasteiger charge is 2.57. The highest BCUT2D eigenvalue weighted by Crippen LogP contribution is 2.32. The summed E-state index contributed by atoms with van der Waals surface area (Å²) in [4.78, 5) is 25.1. The molecule has 94 valence electrons. The number of benzene rings is 1. The fourth-order valence-corrected chi connectivity index (χ4v) is 2.28. The number of amides is 2. The molecule has 0 aliphatic carbocycles. The van der Waals surface area contributed by atoms with Crippen LogP contribution < -0.4 is 4.90 Å². The molecule has 2 saturated heterocycles. The van der Waals surface area contributed by atoms with Gasteiger partial charge in [-0.15, -0.1) is 0 Å². The van der Waals surface area contributed by atoms with E-state index in [9.17, 15) is 19.8 Å². The number of aliphatic hydroxyl groups is 2. The van der Waals surface area contributed by atoms with Gasteiger partial charge in [0.15, 0.2) is 12.2 Å². The Kier molecular flexibility index (Phi) is 2.44. The largest absolute Gasteiger partial charge is 0.387 e. The lowest BCUT2D eigenvalue weighted by molar-refractivity contribution is -0.149. The standard InChI is InChI=1S/C12H11NO5/c14-7-8(15)10-12(17)13(11(16)9(7)18-10)6-4-2-1-3-5-6/h1-5,7-10,14-15H. The van der Waals surface area contributed by atoms with Crippen molar-refractivity contribution in [3.8, 4) is 0 Å². The minimum Gasteiger partial charge on any atom is -0.387 e. The topological polar surface area (TPSA) is 87.1 Å². The lowest BCUT2D eigenvalue weighted by atomic mass is 10.1. The molecule has 0 saturated carbocycles.